The molecule has 50 heteroatoms. The maximum absolute atomic E-state index is 13.2. The lowest BCUT2D eigenvalue weighted by molar-refractivity contribution is -0.0573. The Morgan fingerprint density at radius 2 is 0.949 bits per heavy atom. The van der Waals surface area contributed by atoms with Gasteiger partial charge in [0.1, 0.15) is 85.1 Å². The van der Waals surface area contributed by atoms with Crippen LogP contribution in [0.4, 0.5) is 23.4 Å². The van der Waals surface area contributed by atoms with Crippen molar-refractivity contribution in [1.82, 2.24) is 67.7 Å². The Balaban J connectivity index is 0.726. The molecule has 5 saturated heterocycles. The highest BCUT2D eigenvalue weighted by molar-refractivity contribution is 8.08. The molecule has 5 aliphatic rings. The van der Waals surface area contributed by atoms with Gasteiger partial charge in [0.25, 0.3) is 11.1 Å². The van der Waals surface area contributed by atoms with Crippen molar-refractivity contribution in [3.05, 3.63) is 107 Å². The fourth-order valence-electron chi connectivity index (χ4n) is 11.4. The Kier molecular flexibility index (Phi) is 21.4. The van der Waals surface area contributed by atoms with Crippen LogP contribution < -0.4 is 51.1 Å². The van der Waals surface area contributed by atoms with Crippen LogP contribution in [-0.2, 0) is 107 Å². The smallest absolute Gasteiger partial charge is 0.351 e. The van der Waals surface area contributed by atoms with Gasteiger partial charge in [-0.1, -0.05) is 0 Å². The summed E-state index contributed by atoms with van der Waals surface area (Å²) in [5, 5.41) is 21.2. The van der Waals surface area contributed by atoms with Crippen molar-refractivity contribution < 1.29 is 89.7 Å². The summed E-state index contributed by atoms with van der Waals surface area (Å²) in [5.74, 6) is -0.364. The molecule has 19 atom stereocenters. The molecule has 16 N–H and O–H groups in total. The van der Waals surface area contributed by atoms with E-state index in [4.69, 9.17) is 130 Å². The molecule has 0 amide bonds. The van der Waals surface area contributed by atoms with Crippen LogP contribution in [0.3, 0.4) is 0 Å². The van der Waals surface area contributed by atoms with Gasteiger partial charge in [-0.25, -0.2) is 34.3 Å². The Bertz CT molecular complexity index is 4670. The van der Waals surface area contributed by atoms with Crippen molar-refractivity contribution in [1.29, 1.82) is 0 Å². The van der Waals surface area contributed by atoms with Crippen molar-refractivity contribution in [2.45, 2.75) is 131 Å². The Hall–Kier alpha value is -5.62. The summed E-state index contributed by atoms with van der Waals surface area (Å²) < 4.78 is 84.2. The molecule has 0 bridgehead atoms. The quantitative estimate of drug-likeness (QED) is 0.0259. The van der Waals surface area contributed by atoms with E-state index in [0.29, 0.717) is 0 Å². The highest BCUT2D eigenvalue weighted by atomic mass is 32.5. The molecule has 7 aromatic rings. The lowest BCUT2D eigenvalue weighted by atomic mass is 10.2. The molecular formula is C48H62N18O24P4S4. The Morgan fingerprint density at radius 3 is 1.43 bits per heavy atom. The van der Waals surface area contributed by atoms with Gasteiger partial charge in [-0.05, 0) is 66.3 Å². The van der Waals surface area contributed by atoms with E-state index < -0.39 is 180 Å². The second-order valence-corrected chi connectivity index (χ2v) is 33.8. The molecule has 532 valence electrons. The predicted molar refractivity (Wildman–Crippen MR) is 349 cm³/mol. The first-order valence-electron chi connectivity index (χ1n) is 29.2. The summed E-state index contributed by atoms with van der Waals surface area (Å²) in [5.41, 5.74) is 20.4. The van der Waals surface area contributed by atoms with Crippen LogP contribution in [0.2, 0.25) is 0 Å². The zero-order valence-corrected chi connectivity index (χ0v) is 57.3. The van der Waals surface area contributed by atoms with Gasteiger partial charge in [-0.15, -0.1) is 0 Å². The van der Waals surface area contributed by atoms with Crippen molar-refractivity contribution in [3.8, 4) is 0 Å². The maximum Gasteiger partial charge on any atom is 0.351 e. The molecule has 7 aromatic heterocycles. The number of rotatable bonds is 26. The molecule has 42 nitrogen and oxygen atoms in total. The fraction of sp³-hybridized carbons (Fsp3) is 0.542. The summed E-state index contributed by atoms with van der Waals surface area (Å²) in [6.07, 6.45) is -11.0. The molecule has 0 saturated carbocycles. The third-order valence-electron chi connectivity index (χ3n) is 16.0. The molecule has 12 rings (SSSR count). The van der Waals surface area contributed by atoms with Gasteiger partial charge in [0, 0.05) is 56.3 Å². The SMILES string of the molecule is Cc1cn([C@H]2C[C@H](O)[C@@H](COP(O)(=S)O[C@H]3C[C@H](n4ccc(N)nc4=O)O[C@@H]3COP(O)(=S)O[C@H]3C[C@H](n4ccc(N)nc4=O)O[C@@H]3COP(O)(=S)O[C@H]3C[C@H](n4cnc5c(N)ncnc54)O[C@@H]3COP(O)(=S)O[C@H]3C[C@H](n4cnc5c(=O)[nH]c(N)nc54)O[C@@H]3CO)O2)c(=O)[nH]c1=O. The predicted octanol–water partition coefficient (Wildman–Crippen LogP) is -2.07. The molecule has 0 spiro atoms. The number of ether oxygens (including phenoxy) is 5. The average Bonchev–Trinajstić information content (AvgIpc) is 1.63. The maximum atomic E-state index is 13.2. The first-order valence-corrected chi connectivity index (χ1v) is 39.6. The fourth-order valence-corrected chi connectivity index (χ4v) is 17.3. The number of aromatic amines is 2. The number of nitrogen functional groups attached to an aromatic ring is 4. The van der Waals surface area contributed by atoms with Crippen molar-refractivity contribution in [3.63, 3.8) is 0 Å². The number of aryl methyl sites for hydroxylation is 1. The largest absolute Gasteiger partial charge is 0.394 e. The molecule has 0 radical (unpaired) electrons. The van der Waals surface area contributed by atoms with Crippen LogP contribution in [0.15, 0.2) is 73.7 Å². The topological polar surface area (TPSA) is 577 Å². The van der Waals surface area contributed by atoms with Gasteiger partial charge in [-0.2, -0.15) is 15.0 Å². The lowest BCUT2D eigenvalue weighted by Gasteiger charge is -2.28. The molecule has 12 heterocycles. The van der Waals surface area contributed by atoms with Gasteiger partial charge in [-0.3, -0.25) is 42.4 Å². The number of nitrogens with two attached hydrogens (primary N) is 4. The number of aromatic nitrogens is 14. The first kappa shape index (κ1) is 72.2. The van der Waals surface area contributed by atoms with Gasteiger partial charge in [0.05, 0.1) is 76.2 Å². The zero-order chi connectivity index (χ0) is 69.9. The first-order chi connectivity index (χ1) is 46.4. The van der Waals surface area contributed by atoms with Crippen LogP contribution in [0.25, 0.3) is 22.3 Å². The number of H-pyrrole nitrogens is 2. The van der Waals surface area contributed by atoms with Gasteiger partial charge >= 0.3 is 43.9 Å². The summed E-state index contributed by atoms with van der Waals surface area (Å²) >= 11 is 22.0. The van der Waals surface area contributed by atoms with Crippen molar-refractivity contribution in [2.75, 3.05) is 56.0 Å². The average molecular weight is 1530 g/mol. The van der Waals surface area contributed by atoms with E-state index in [9.17, 15) is 53.8 Å². The molecule has 0 aromatic carbocycles. The number of nitrogens with one attached hydrogen (secondary N) is 2. The number of aliphatic hydroxyl groups excluding tert-OH is 2. The van der Waals surface area contributed by atoms with Gasteiger partial charge < -0.3 is 113 Å². The van der Waals surface area contributed by atoms with E-state index in [0.717, 1.165) is 13.7 Å². The summed E-state index contributed by atoms with van der Waals surface area (Å²) in [7, 11) is 0. The number of hydrogen-bond acceptors (Lipinski definition) is 35. The van der Waals surface area contributed by atoms with Crippen molar-refractivity contribution in [2.24, 2.45) is 0 Å². The van der Waals surface area contributed by atoms with Crippen LogP contribution >= 0.6 is 26.9 Å². The molecule has 5 fully saturated rings. The number of anilines is 4. The minimum absolute atomic E-state index is 0.0402. The minimum atomic E-state index is -4.54. The van der Waals surface area contributed by atoms with Crippen molar-refractivity contribution >= 4 is 120 Å². The lowest BCUT2D eigenvalue weighted by Crippen LogP contribution is -2.33. The van der Waals surface area contributed by atoms with E-state index >= 15 is 0 Å². The van der Waals surface area contributed by atoms with E-state index in [1.54, 1.807) is 0 Å². The van der Waals surface area contributed by atoms with Crippen LogP contribution in [0.5, 0.6) is 0 Å². The second kappa shape index (κ2) is 29.0. The number of nitrogens with zero attached hydrogens (tertiary/aromatic N) is 12. The zero-order valence-electron chi connectivity index (χ0n) is 50.5. The third kappa shape index (κ3) is 16.3. The minimum Gasteiger partial charge on any atom is -0.394 e. The van der Waals surface area contributed by atoms with E-state index in [1.807, 2.05) is 0 Å². The summed E-state index contributed by atoms with van der Waals surface area (Å²) in [6.45, 7) is -19.4. The molecular weight excluding hydrogens is 1460 g/mol. The van der Waals surface area contributed by atoms with E-state index in [2.05, 4.69) is 44.9 Å². The molecule has 4 unspecified atom stereocenters. The number of hydrogen-bond donors (Lipinski definition) is 12. The van der Waals surface area contributed by atoms with E-state index in [-0.39, 0.29) is 83.4 Å². The number of aliphatic hydroxyl groups is 2. The molecule has 0 aliphatic carbocycles. The molecule has 5 aliphatic heterocycles. The van der Waals surface area contributed by atoms with Crippen LogP contribution in [0.1, 0.15) is 68.8 Å². The van der Waals surface area contributed by atoms with E-state index in [1.165, 1.54) is 65.8 Å². The Labute approximate surface area is 569 Å². The normalized spacial score (nSPS) is 29.8. The van der Waals surface area contributed by atoms with Gasteiger partial charge in [0.2, 0.25) is 5.95 Å². The third-order valence-corrected chi connectivity index (χ3v) is 22.4. The van der Waals surface area contributed by atoms with Gasteiger partial charge in [0.15, 0.2) is 22.6 Å². The Morgan fingerprint density at radius 1 is 0.531 bits per heavy atom. The number of imidazole rings is 2. The standard InChI is InChI=1S/C48H62N18O24P4S4/c1-20-11-64(48(73)61-43(20)69)33-6-21(68)27(83-33)13-78-91(74,95)88-23-8-34(62-4-2-31(49)57-46(62)71)84-28(23)14-80-93(76,97)89-24-9-35(63-5-3-32(50)58-47(63)72)85-29(24)15-81-94(77,98)90-25-10-36(65-18-55-38-40(51)53-17-54-41(38)65)86-30(25)16-79-92(75,96)87-22-7-37(82-26(22)12-67)66-19-56-39-42(66)59-45(52)60-44(39)70/h2-5,11,17-19,21-30,33-37,67-68H,6-10,12-16H2,1H3,(H,74,95)(H,75,96)(H,76,97)(H,77,98)(H2,49,57,71)(H2,50,58,72)(H2,51,53,54)(H,61,69,73)(H3,52,59,60,70)/t21-,22-,23-,24-,25-,26+,27+,28+,29+,30+,33+,34+,35+,36+,37+,91?,92?,93?,94?/m0/s1. The summed E-state index contributed by atoms with van der Waals surface area (Å²) in [6, 6.07) is 2.63. The highest BCUT2D eigenvalue weighted by Crippen LogP contribution is 2.55. The summed E-state index contributed by atoms with van der Waals surface area (Å²) in [4.78, 5) is 143. The van der Waals surface area contributed by atoms with Crippen LogP contribution in [-0.4, -0.2) is 192 Å². The highest BCUT2D eigenvalue weighted by Gasteiger charge is 2.48. The number of fused-ring (bicyclic) bond motifs is 2. The molecule has 98 heavy (non-hydrogen) atoms. The monoisotopic (exact) mass is 1530 g/mol. The van der Waals surface area contributed by atoms with Crippen LogP contribution in [0, 0.1) is 6.92 Å². The second-order valence-electron chi connectivity index (χ2n) is 22.6.